The van der Waals surface area contributed by atoms with Crippen LogP contribution in [0.1, 0.15) is 11.1 Å². The number of anilines is 2. The van der Waals surface area contributed by atoms with Gasteiger partial charge in [-0.1, -0.05) is 17.7 Å². The smallest absolute Gasteiger partial charge is 0.262 e. The van der Waals surface area contributed by atoms with Crippen LogP contribution in [0.5, 0.6) is 5.75 Å². The van der Waals surface area contributed by atoms with Gasteiger partial charge in [0.2, 0.25) is 0 Å². The summed E-state index contributed by atoms with van der Waals surface area (Å²) in [6.07, 6.45) is 0. The third kappa shape index (κ3) is 3.89. The van der Waals surface area contributed by atoms with E-state index < -0.39 is 0 Å². The normalized spacial score (nSPS) is 10.2. The molecule has 3 N–H and O–H groups in total. The Bertz CT molecular complexity index is 654. The predicted molar refractivity (Wildman–Crippen MR) is 85.9 cm³/mol. The number of nitrogen functional groups attached to an aromatic ring is 1. The molecule has 0 bridgehead atoms. The van der Waals surface area contributed by atoms with Crippen LogP contribution in [-0.2, 0) is 4.79 Å². The van der Waals surface area contributed by atoms with E-state index in [1.807, 2.05) is 26.0 Å². The van der Waals surface area contributed by atoms with E-state index in [9.17, 15) is 4.79 Å². The zero-order valence-electron chi connectivity index (χ0n) is 11.9. The van der Waals surface area contributed by atoms with Gasteiger partial charge in [-0.2, -0.15) is 0 Å². The molecule has 110 valence electrons. The fourth-order valence-corrected chi connectivity index (χ4v) is 2.04. The van der Waals surface area contributed by atoms with Crippen molar-refractivity contribution >= 4 is 28.9 Å². The van der Waals surface area contributed by atoms with E-state index in [0.29, 0.717) is 16.5 Å². The topological polar surface area (TPSA) is 64.3 Å². The summed E-state index contributed by atoms with van der Waals surface area (Å²) in [5.74, 6) is 0.359. The molecule has 2 aromatic carbocycles. The summed E-state index contributed by atoms with van der Waals surface area (Å²) in [5, 5.41) is 3.45. The Morgan fingerprint density at radius 1 is 1.19 bits per heavy atom. The lowest BCUT2D eigenvalue weighted by Gasteiger charge is -2.13. The molecule has 2 rings (SSSR count). The Morgan fingerprint density at radius 3 is 2.52 bits per heavy atom. The number of rotatable bonds is 4. The van der Waals surface area contributed by atoms with Gasteiger partial charge in [0.1, 0.15) is 5.75 Å². The summed E-state index contributed by atoms with van der Waals surface area (Å²) in [6.45, 7) is 3.72. The lowest BCUT2D eigenvalue weighted by atomic mass is 10.1. The van der Waals surface area contributed by atoms with Crippen LogP contribution in [0.2, 0.25) is 5.02 Å². The average Bonchev–Trinajstić information content (AvgIpc) is 2.47. The summed E-state index contributed by atoms with van der Waals surface area (Å²) in [7, 11) is 0. The fraction of sp³-hybridized carbons (Fsp3) is 0.188. The third-order valence-corrected chi connectivity index (χ3v) is 3.42. The van der Waals surface area contributed by atoms with Gasteiger partial charge >= 0.3 is 0 Å². The van der Waals surface area contributed by atoms with Gasteiger partial charge in [0.25, 0.3) is 5.91 Å². The lowest BCUT2D eigenvalue weighted by Crippen LogP contribution is -2.21. The highest BCUT2D eigenvalue weighted by molar-refractivity contribution is 6.30. The molecule has 2 aromatic rings. The summed E-state index contributed by atoms with van der Waals surface area (Å²) in [5.41, 5.74) is 9.05. The number of nitrogens with two attached hydrogens (primary N) is 1. The van der Waals surface area contributed by atoms with Crippen LogP contribution >= 0.6 is 11.6 Å². The average molecular weight is 305 g/mol. The highest BCUT2D eigenvalue weighted by Gasteiger charge is 2.10. The van der Waals surface area contributed by atoms with Gasteiger partial charge < -0.3 is 15.8 Å². The molecule has 0 unspecified atom stereocenters. The number of ether oxygens (including phenoxy) is 1. The minimum Gasteiger partial charge on any atom is -0.484 e. The minimum atomic E-state index is -0.234. The number of carbonyl (C=O) groups excluding carboxylic acids is 1. The number of nitrogens with one attached hydrogen (secondary N) is 1. The second kappa shape index (κ2) is 6.50. The van der Waals surface area contributed by atoms with Crippen molar-refractivity contribution in [3.63, 3.8) is 0 Å². The van der Waals surface area contributed by atoms with Gasteiger partial charge in [-0.15, -0.1) is 0 Å². The Balaban J connectivity index is 1.99. The van der Waals surface area contributed by atoms with E-state index in [0.717, 1.165) is 16.8 Å². The Labute approximate surface area is 128 Å². The molecule has 0 aliphatic carbocycles. The summed E-state index contributed by atoms with van der Waals surface area (Å²) in [4.78, 5) is 12.0. The molecule has 1 amide bonds. The van der Waals surface area contributed by atoms with Gasteiger partial charge in [-0.05, 0) is 55.3 Å². The SMILES string of the molecule is Cc1ccc(N)c(C)c1NC(=O)COc1ccc(Cl)cc1. The van der Waals surface area contributed by atoms with Crippen molar-refractivity contribution < 1.29 is 9.53 Å². The van der Waals surface area contributed by atoms with Crippen molar-refractivity contribution in [3.8, 4) is 5.75 Å². The van der Waals surface area contributed by atoms with Gasteiger partial charge in [-0.25, -0.2) is 0 Å². The van der Waals surface area contributed by atoms with Crippen LogP contribution < -0.4 is 15.8 Å². The molecule has 0 atom stereocenters. The highest BCUT2D eigenvalue weighted by atomic mass is 35.5. The standard InChI is InChI=1S/C16H17ClN2O2/c1-10-3-8-14(18)11(2)16(10)19-15(20)9-21-13-6-4-12(17)5-7-13/h3-8H,9,18H2,1-2H3,(H,19,20). The van der Waals surface area contributed by atoms with Crippen LogP contribution in [0.3, 0.4) is 0 Å². The van der Waals surface area contributed by atoms with Crippen molar-refractivity contribution in [2.45, 2.75) is 13.8 Å². The van der Waals surface area contributed by atoms with E-state index in [1.54, 1.807) is 24.3 Å². The fourth-order valence-electron chi connectivity index (χ4n) is 1.91. The van der Waals surface area contributed by atoms with Gasteiger partial charge in [0.15, 0.2) is 6.61 Å². The molecule has 0 radical (unpaired) electrons. The van der Waals surface area contributed by atoms with Crippen LogP contribution in [0, 0.1) is 13.8 Å². The van der Waals surface area contributed by atoms with E-state index in [1.165, 1.54) is 0 Å². The van der Waals surface area contributed by atoms with Crippen LogP contribution in [0.4, 0.5) is 11.4 Å². The number of halogens is 1. The first-order valence-corrected chi connectivity index (χ1v) is 6.89. The Kier molecular flexibility index (Phi) is 4.70. The maximum absolute atomic E-state index is 12.0. The first-order chi connectivity index (χ1) is 9.97. The van der Waals surface area contributed by atoms with Crippen molar-refractivity contribution in [1.82, 2.24) is 0 Å². The molecule has 0 heterocycles. The zero-order chi connectivity index (χ0) is 15.4. The third-order valence-electron chi connectivity index (χ3n) is 3.16. The number of hydrogen-bond donors (Lipinski definition) is 2. The minimum absolute atomic E-state index is 0.0741. The van der Waals surface area contributed by atoms with Gasteiger partial charge in [0.05, 0.1) is 0 Å². The summed E-state index contributed by atoms with van der Waals surface area (Å²) < 4.78 is 5.40. The molecule has 21 heavy (non-hydrogen) atoms. The lowest BCUT2D eigenvalue weighted by molar-refractivity contribution is -0.118. The molecule has 0 saturated heterocycles. The molecule has 0 saturated carbocycles. The number of benzene rings is 2. The van der Waals surface area contributed by atoms with Crippen molar-refractivity contribution in [3.05, 3.63) is 52.5 Å². The molecule has 0 aromatic heterocycles. The summed E-state index contributed by atoms with van der Waals surface area (Å²) >= 11 is 5.78. The largest absolute Gasteiger partial charge is 0.484 e. The number of hydrogen-bond acceptors (Lipinski definition) is 3. The first kappa shape index (κ1) is 15.2. The van der Waals surface area contributed by atoms with Crippen molar-refractivity contribution in [2.24, 2.45) is 0 Å². The monoisotopic (exact) mass is 304 g/mol. The van der Waals surface area contributed by atoms with Crippen LogP contribution in [-0.4, -0.2) is 12.5 Å². The second-order valence-electron chi connectivity index (χ2n) is 4.76. The van der Waals surface area contributed by atoms with Crippen molar-refractivity contribution in [2.75, 3.05) is 17.7 Å². The Morgan fingerprint density at radius 2 is 1.86 bits per heavy atom. The molecule has 0 spiro atoms. The number of carbonyl (C=O) groups is 1. The maximum atomic E-state index is 12.0. The zero-order valence-corrected chi connectivity index (χ0v) is 12.7. The molecule has 4 nitrogen and oxygen atoms in total. The molecular weight excluding hydrogens is 288 g/mol. The molecular formula is C16H17ClN2O2. The van der Waals surface area contributed by atoms with E-state index >= 15 is 0 Å². The number of aryl methyl sites for hydroxylation is 1. The highest BCUT2D eigenvalue weighted by Crippen LogP contribution is 2.25. The van der Waals surface area contributed by atoms with E-state index in [2.05, 4.69) is 5.32 Å². The second-order valence-corrected chi connectivity index (χ2v) is 5.20. The van der Waals surface area contributed by atoms with Crippen LogP contribution in [0.25, 0.3) is 0 Å². The molecule has 5 heteroatoms. The van der Waals surface area contributed by atoms with Gasteiger partial charge in [-0.3, -0.25) is 4.79 Å². The van der Waals surface area contributed by atoms with E-state index in [-0.39, 0.29) is 12.5 Å². The first-order valence-electron chi connectivity index (χ1n) is 6.51. The Hall–Kier alpha value is -2.20. The molecule has 0 aliphatic rings. The van der Waals surface area contributed by atoms with Crippen molar-refractivity contribution in [1.29, 1.82) is 0 Å². The van der Waals surface area contributed by atoms with E-state index in [4.69, 9.17) is 22.1 Å². The maximum Gasteiger partial charge on any atom is 0.262 e. The number of amides is 1. The van der Waals surface area contributed by atoms with Crippen LogP contribution in [0.15, 0.2) is 36.4 Å². The van der Waals surface area contributed by atoms with Gasteiger partial charge in [0, 0.05) is 16.4 Å². The molecule has 0 fully saturated rings. The quantitative estimate of drug-likeness (QED) is 0.849. The summed E-state index contributed by atoms with van der Waals surface area (Å²) in [6, 6.07) is 10.5. The molecule has 0 aliphatic heterocycles. The predicted octanol–water partition coefficient (Wildman–Crippen LogP) is 3.56.